The standard InChI is InChI=1S/C11H11BrF3N/c1-2-3-10(16)7-4-5-9(12)8(6-7)11(13,14)15/h3-6H,2,16H2,1H3/b10-3-. The van der Waals surface area contributed by atoms with Crippen LogP contribution in [0.4, 0.5) is 13.2 Å². The van der Waals surface area contributed by atoms with Crippen LogP contribution in [0.5, 0.6) is 0 Å². The number of benzene rings is 1. The van der Waals surface area contributed by atoms with Gasteiger partial charge in [-0.2, -0.15) is 13.2 Å². The van der Waals surface area contributed by atoms with E-state index in [0.717, 1.165) is 6.07 Å². The molecule has 88 valence electrons. The van der Waals surface area contributed by atoms with Crippen molar-refractivity contribution in [2.24, 2.45) is 5.73 Å². The predicted octanol–water partition coefficient (Wildman–Crippen LogP) is 4.18. The van der Waals surface area contributed by atoms with E-state index in [0.29, 0.717) is 17.7 Å². The first-order valence-corrected chi connectivity index (χ1v) is 5.48. The van der Waals surface area contributed by atoms with Gasteiger partial charge in [-0.1, -0.05) is 35.0 Å². The molecule has 0 heterocycles. The maximum Gasteiger partial charge on any atom is 0.417 e. The summed E-state index contributed by atoms with van der Waals surface area (Å²) in [5, 5.41) is 0. The van der Waals surface area contributed by atoms with E-state index in [9.17, 15) is 13.2 Å². The molecule has 0 saturated heterocycles. The first kappa shape index (κ1) is 13.1. The average molecular weight is 294 g/mol. The van der Waals surface area contributed by atoms with E-state index in [1.807, 2.05) is 6.92 Å². The van der Waals surface area contributed by atoms with E-state index < -0.39 is 11.7 Å². The lowest BCUT2D eigenvalue weighted by Crippen LogP contribution is -2.07. The first-order chi connectivity index (χ1) is 7.36. The van der Waals surface area contributed by atoms with Gasteiger partial charge < -0.3 is 5.73 Å². The highest BCUT2D eigenvalue weighted by molar-refractivity contribution is 9.10. The highest BCUT2D eigenvalue weighted by Gasteiger charge is 2.33. The van der Waals surface area contributed by atoms with Crippen LogP contribution in [0.3, 0.4) is 0 Å². The SMILES string of the molecule is CC/C=C(\N)c1ccc(Br)c(C(F)(F)F)c1. The summed E-state index contributed by atoms with van der Waals surface area (Å²) < 4.78 is 37.8. The van der Waals surface area contributed by atoms with Crippen molar-refractivity contribution in [3.05, 3.63) is 39.9 Å². The van der Waals surface area contributed by atoms with Gasteiger partial charge in [0, 0.05) is 10.2 Å². The van der Waals surface area contributed by atoms with Crippen LogP contribution in [0.2, 0.25) is 0 Å². The molecule has 1 aromatic rings. The molecule has 0 unspecified atom stereocenters. The Morgan fingerprint density at radius 3 is 2.56 bits per heavy atom. The molecular weight excluding hydrogens is 283 g/mol. The van der Waals surface area contributed by atoms with Crippen LogP contribution < -0.4 is 5.73 Å². The van der Waals surface area contributed by atoms with Gasteiger partial charge in [0.25, 0.3) is 0 Å². The number of allylic oxidation sites excluding steroid dienone is 1. The Morgan fingerprint density at radius 2 is 2.06 bits per heavy atom. The van der Waals surface area contributed by atoms with Crippen molar-refractivity contribution in [3.63, 3.8) is 0 Å². The summed E-state index contributed by atoms with van der Waals surface area (Å²) >= 11 is 2.87. The lowest BCUT2D eigenvalue weighted by atomic mass is 10.1. The molecular formula is C11H11BrF3N. The number of nitrogens with two attached hydrogens (primary N) is 1. The van der Waals surface area contributed by atoms with Crippen molar-refractivity contribution >= 4 is 21.6 Å². The molecule has 0 bridgehead atoms. The number of rotatable bonds is 2. The molecule has 1 rings (SSSR count). The summed E-state index contributed by atoms with van der Waals surface area (Å²) in [6.07, 6.45) is -2.01. The zero-order valence-electron chi connectivity index (χ0n) is 8.61. The van der Waals surface area contributed by atoms with Gasteiger partial charge in [0.2, 0.25) is 0 Å². The van der Waals surface area contributed by atoms with Crippen LogP contribution in [-0.4, -0.2) is 0 Å². The number of alkyl halides is 3. The van der Waals surface area contributed by atoms with Gasteiger partial charge in [-0.15, -0.1) is 0 Å². The second-order valence-corrected chi connectivity index (χ2v) is 4.11. The van der Waals surface area contributed by atoms with Crippen molar-refractivity contribution in [1.29, 1.82) is 0 Å². The Bertz CT molecular complexity index is 410. The topological polar surface area (TPSA) is 26.0 Å². The van der Waals surface area contributed by atoms with Gasteiger partial charge >= 0.3 is 6.18 Å². The largest absolute Gasteiger partial charge is 0.417 e. The molecule has 0 atom stereocenters. The highest BCUT2D eigenvalue weighted by atomic mass is 79.9. The van der Waals surface area contributed by atoms with Crippen molar-refractivity contribution in [1.82, 2.24) is 0 Å². The molecule has 2 N–H and O–H groups in total. The van der Waals surface area contributed by atoms with E-state index in [1.165, 1.54) is 6.07 Å². The first-order valence-electron chi connectivity index (χ1n) is 4.69. The fraction of sp³-hybridized carbons (Fsp3) is 0.273. The third-order valence-corrected chi connectivity index (χ3v) is 2.72. The fourth-order valence-electron chi connectivity index (χ4n) is 1.26. The van der Waals surface area contributed by atoms with Crippen LogP contribution in [0, 0.1) is 0 Å². The normalized spacial score (nSPS) is 12.9. The molecule has 0 spiro atoms. The highest BCUT2D eigenvalue weighted by Crippen LogP contribution is 2.35. The van der Waals surface area contributed by atoms with Crippen molar-refractivity contribution in [3.8, 4) is 0 Å². The average Bonchev–Trinajstić information content (AvgIpc) is 2.16. The minimum absolute atomic E-state index is 0.0213. The number of hydrogen-bond acceptors (Lipinski definition) is 1. The van der Waals surface area contributed by atoms with Crippen molar-refractivity contribution in [2.75, 3.05) is 0 Å². The molecule has 0 radical (unpaired) electrons. The lowest BCUT2D eigenvalue weighted by molar-refractivity contribution is -0.138. The third kappa shape index (κ3) is 3.01. The zero-order valence-corrected chi connectivity index (χ0v) is 10.2. The molecule has 0 fully saturated rings. The van der Waals surface area contributed by atoms with E-state index in [4.69, 9.17) is 5.73 Å². The Balaban J connectivity index is 3.23. The molecule has 0 aliphatic heterocycles. The molecule has 16 heavy (non-hydrogen) atoms. The van der Waals surface area contributed by atoms with Crippen molar-refractivity contribution < 1.29 is 13.2 Å². The predicted molar refractivity (Wildman–Crippen MR) is 61.6 cm³/mol. The van der Waals surface area contributed by atoms with Crippen LogP contribution in [0.15, 0.2) is 28.7 Å². The summed E-state index contributed by atoms with van der Waals surface area (Å²) in [6.45, 7) is 1.87. The minimum atomic E-state index is -4.37. The molecule has 0 aliphatic carbocycles. The summed E-state index contributed by atoms with van der Waals surface area (Å²) in [5.74, 6) is 0. The van der Waals surface area contributed by atoms with Gasteiger partial charge in [0.15, 0.2) is 0 Å². The second kappa shape index (κ2) is 4.91. The Labute approximate surface area is 100 Å². The summed E-state index contributed by atoms with van der Waals surface area (Å²) in [5.41, 5.74) is 5.68. The molecule has 0 aromatic heterocycles. The van der Waals surface area contributed by atoms with E-state index in [1.54, 1.807) is 12.1 Å². The number of hydrogen-bond donors (Lipinski definition) is 1. The minimum Gasteiger partial charge on any atom is -0.399 e. The van der Waals surface area contributed by atoms with Crippen LogP contribution in [-0.2, 0) is 6.18 Å². The summed E-state index contributed by atoms with van der Waals surface area (Å²) in [7, 11) is 0. The molecule has 0 amide bonds. The van der Waals surface area contributed by atoms with Crippen molar-refractivity contribution in [2.45, 2.75) is 19.5 Å². The van der Waals surface area contributed by atoms with Gasteiger partial charge in [0.05, 0.1) is 5.56 Å². The molecule has 0 saturated carbocycles. The molecule has 0 aliphatic rings. The maximum atomic E-state index is 12.6. The Morgan fingerprint density at radius 1 is 1.44 bits per heavy atom. The Kier molecular flexibility index (Phi) is 4.02. The maximum absolute atomic E-state index is 12.6. The lowest BCUT2D eigenvalue weighted by Gasteiger charge is -2.11. The van der Waals surface area contributed by atoms with Crippen LogP contribution in [0.25, 0.3) is 5.70 Å². The van der Waals surface area contributed by atoms with E-state index in [2.05, 4.69) is 15.9 Å². The van der Waals surface area contributed by atoms with Gasteiger partial charge in [-0.05, 0) is 24.1 Å². The Hall–Kier alpha value is -0.970. The van der Waals surface area contributed by atoms with Crippen LogP contribution >= 0.6 is 15.9 Å². The molecule has 1 nitrogen and oxygen atoms in total. The van der Waals surface area contributed by atoms with Crippen LogP contribution in [0.1, 0.15) is 24.5 Å². The van der Waals surface area contributed by atoms with Gasteiger partial charge in [-0.25, -0.2) is 0 Å². The second-order valence-electron chi connectivity index (χ2n) is 3.26. The smallest absolute Gasteiger partial charge is 0.399 e. The van der Waals surface area contributed by atoms with E-state index >= 15 is 0 Å². The number of halogens is 4. The van der Waals surface area contributed by atoms with E-state index in [-0.39, 0.29) is 4.47 Å². The quantitative estimate of drug-likeness (QED) is 0.870. The monoisotopic (exact) mass is 293 g/mol. The van der Waals surface area contributed by atoms with Gasteiger partial charge in [-0.3, -0.25) is 0 Å². The third-order valence-electron chi connectivity index (χ3n) is 2.03. The molecule has 1 aromatic carbocycles. The molecule has 5 heteroatoms. The zero-order chi connectivity index (χ0) is 12.3. The fourth-order valence-corrected chi connectivity index (χ4v) is 1.73. The summed E-state index contributed by atoms with van der Waals surface area (Å²) in [4.78, 5) is 0. The van der Waals surface area contributed by atoms with Gasteiger partial charge in [0.1, 0.15) is 0 Å². The summed E-state index contributed by atoms with van der Waals surface area (Å²) in [6, 6.07) is 3.96.